The Hall–Kier alpha value is -4.20. The lowest BCUT2D eigenvalue weighted by molar-refractivity contribution is 0.0746. The van der Waals surface area contributed by atoms with Gasteiger partial charge in [0.2, 0.25) is 0 Å². The van der Waals surface area contributed by atoms with E-state index in [4.69, 9.17) is 4.74 Å². The van der Waals surface area contributed by atoms with E-state index >= 15 is 0 Å². The van der Waals surface area contributed by atoms with E-state index in [1.54, 1.807) is 42.1 Å². The minimum Gasteiger partial charge on any atom is -0.497 e. The number of benzene rings is 2. The monoisotopic (exact) mass is 469 g/mol. The maximum absolute atomic E-state index is 13.6. The smallest absolute Gasteiger partial charge is 0.295 e. The van der Waals surface area contributed by atoms with E-state index in [0.717, 1.165) is 5.56 Å². The standard InChI is InChI=1S/C27H27N5O3/c1-19-5-7-20(8-6-19)18-32-24-23(4-3-13-28-24)29-25(27(32)34)30-14-16-31(17-15-30)26(33)21-9-11-22(35-2)12-10-21/h3-13H,14-18H2,1-2H3. The maximum Gasteiger partial charge on any atom is 0.295 e. The molecule has 3 heterocycles. The molecule has 8 heteroatoms. The number of methoxy groups -OCH3 is 1. The molecule has 4 aromatic rings. The first-order valence-corrected chi connectivity index (χ1v) is 11.6. The molecule has 1 fully saturated rings. The Bertz CT molecular complexity index is 1410. The molecule has 0 aliphatic carbocycles. The molecule has 35 heavy (non-hydrogen) atoms. The third-order valence-corrected chi connectivity index (χ3v) is 6.35. The topological polar surface area (TPSA) is 80.6 Å². The van der Waals surface area contributed by atoms with Crippen LogP contribution in [0.4, 0.5) is 5.82 Å². The largest absolute Gasteiger partial charge is 0.497 e. The quantitative estimate of drug-likeness (QED) is 0.447. The van der Waals surface area contributed by atoms with Crippen molar-refractivity contribution in [2.24, 2.45) is 0 Å². The number of aryl methyl sites for hydroxylation is 1. The molecule has 1 saturated heterocycles. The molecule has 0 atom stereocenters. The molecule has 0 unspecified atom stereocenters. The molecule has 5 rings (SSSR count). The Balaban J connectivity index is 1.39. The predicted octanol–water partition coefficient (Wildman–Crippen LogP) is 3.12. The average Bonchev–Trinajstić information content (AvgIpc) is 2.91. The molecule has 1 aliphatic heterocycles. The van der Waals surface area contributed by atoms with Crippen LogP contribution in [0.5, 0.6) is 5.75 Å². The van der Waals surface area contributed by atoms with Crippen molar-refractivity contribution in [3.8, 4) is 5.75 Å². The number of piperazine rings is 1. The highest BCUT2D eigenvalue weighted by Crippen LogP contribution is 2.18. The summed E-state index contributed by atoms with van der Waals surface area (Å²) in [5, 5.41) is 0. The van der Waals surface area contributed by atoms with Crippen molar-refractivity contribution in [3.63, 3.8) is 0 Å². The van der Waals surface area contributed by atoms with Gasteiger partial charge in [0.05, 0.1) is 13.7 Å². The van der Waals surface area contributed by atoms with Gasteiger partial charge in [0.25, 0.3) is 11.5 Å². The molecule has 178 valence electrons. The molecular formula is C27H27N5O3. The number of hydrogen-bond donors (Lipinski definition) is 0. The van der Waals surface area contributed by atoms with Crippen molar-refractivity contribution in [3.05, 3.63) is 93.9 Å². The highest BCUT2D eigenvalue weighted by Gasteiger charge is 2.25. The van der Waals surface area contributed by atoms with Crippen LogP contribution < -0.4 is 15.2 Å². The van der Waals surface area contributed by atoms with Gasteiger partial charge in [0.1, 0.15) is 11.3 Å². The lowest BCUT2D eigenvalue weighted by atomic mass is 10.1. The van der Waals surface area contributed by atoms with Gasteiger partial charge in [0.15, 0.2) is 11.5 Å². The minimum atomic E-state index is -0.174. The zero-order valence-electron chi connectivity index (χ0n) is 19.8. The van der Waals surface area contributed by atoms with Crippen LogP contribution in [0, 0.1) is 6.92 Å². The molecule has 0 N–H and O–H groups in total. The Labute approximate surface area is 203 Å². The first-order valence-electron chi connectivity index (χ1n) is 11.6. The number of amides is 1. The molecule has 1 amide bonds. The summed E-state index contributed by atoms with van der Waals surface area (Å²) in [6.45, 7) is 4.53. The number of ether oxygens (including phenoxy) is 1. The van der Waals surface area contributed by atoms with Gasteiger partial charge in [-0.15, -0.1) is 0 Å². The third-order valence-electron chi connectivity index (χ3n) is 6.35. The van der Waals surface area contributed by atoms with Gasteiger partial charge in [-0.25, -0.2) is 9.97 Å². The normalized spacial score (nSPS) is 13.8. The van der Waals surface area contributed by atoms with Crippen molar-refractivity contribution >= 4 is 22.9 Å². The Morgan fingerprint density at radius 2 is 1.69 bits per heavy atom. The molecular weight excluding hydrogens is 442 g/mol. The number of pyridine rings is 1. The summed E-state index contributed by atoms with van der Waals surface area (Å²) < 4.78 is 6.87. The number of carbonyl (C=O) groups is 1. The molecule has 2 aromatic heterocycles. The van der Waals surface area contributed by atoms with E-state index in [2.05, 4.69) is 9.97 Å². The maximum atomic E-state index is 13.6. The molecule has 0 saturated carbocycles. The van der Waals surface area contributed by atoms with Crippen LogP contribution in [-0.4, -0.2) is 58.6 Å². The number of carbonyl (C=O) groups excluding carboxylic acids is 1. The summed E-state index contributed by atoms with van der Waals surface area (Å²) in [6.07, 6.45) is 1.68. The minimum absolute atomic E-state index is 0.0280. The van der Waals surface area contributed by atoms with E-state index in [1.165, 1.54) is 5.56 Å². The van der Waals surface area contributed by atoms with Crippen LogP contribution in [0.2, 0.25) is 0 Å². The van der Waals surface area contributed by atoms with Crippen LogP contribution in [0.3, 0.4) is 0 Å². The second-order valence-corrected chi connectivity index (χ2v) is 8.67. The highest BCUT2D eigenvalue weighted by molar-refractivity contribution is 5.94. The number of aromatic nitrogens is 3. The fourth-order valence-electron chi connectivity index (χ4n) is 4.33. The van der Waals surface area contributed by atoms with Gasteiger partial charge in [0, 0.05) is 37.9 Å². The number of nitrogens with zero attached hydrogens (tertiary/aromatic N) is 5. The van der Waals surface area contributed by atoms with Crippen LogP contribution in [-0.2, 0) is 6.54 Å². The van der Waals surface area contributed by atoms with Gasteiger partial charge in [-0.2, -0.15) is 0 Å². The number of hydrogen-bond acceptors (Lipinski definition) is 6. The van der Waals surface area contributed by atoms with Crippen LogP contribution in [0.25, 0.3) is 11.2 Å². The van der Waals surface area contributed by atoms with E-state index in [1.807, 2.05) is 53.1 Å². The SMILES string of the molecule is COc1ccc(C(=O)N2CCN(c3nc4cccnc4n(Cc4ccc(C)cc4)c3=O)CC2)cc1. The van der Waals surface area contributed by atoms with E-state index < -0.39 is 0 Å². The van der Waals surface area contributed by atoms with E-state index in [0.29, 0.717) is 61.0 Å². The van der Waals surface area contributed by atoms with Crippen LogP contribution >= 0.6 is 0 Å². The van der Waals surface area contributed by atoms with Crippen molar-refractivity contribution in [1.82, 2.24) is 19.4 Å². The van der Waals surface area contributed by atoms with Crippen molar-refractivity contribution in [2.45, 2.75) is 13.5 Å². The zero-order chi connectivity index (χ0) is 24.4. The number of fused-ring (bicyclic) bond motifs is 1. The third kappa shape index (κ3) is 4.59. The van der Waals surface area contributed by atoms with Crippen molar-refractivity contribution in [1.29, 1.82) is 0 Å². The molecule has 0 bridgehead atoms. The second-order valence-electron chi connectivity index (χ2n) is 8.67. The van der Waals surface area contributed by atoms with Gasteiger partial charge in [-0.05, 0) is 48.9 Å². The first kappa shape index (κ1) is 22.6. The summed E-state index contributed by atoms with van der Waals surface area (Å²) in [6, 6.07) is 18.9. The molecule has 2 aromatic carbocycles. The summed E-state index contributed by atoms with van der Waals surface area (Å²) in [7, 11) is 1.60. The molecule has 0 spiro atoms. The van der Waals surface area contributed by atoms with Gasteiger partial charge >= 0.3 is 0 Å². The first-order chi connectivity index (χ1) is 17.0. The summed E-state index contributed by atoms with van der Waals surface area (Å²) in [5.74, 6) is 1.08. The summed E-state index contributed by atoms with van der Waals surface area (Å²) in [5.41, 5.74) is 3.88. The van der Waals surface area contributed by atoms with Gasteiger partial charge in [-0.3, -0.25) is 14.2 Å². The molecule has 8 nitrogen and oxygen atoms in total. The van der Waals surface area contributed by atoms with Gasteiger partial charge in [-0.1, -0.05) is 29.8 Å². The Morgan fingerprint density at radius 3 is 2.37 bits per heavy atom. The highest BCUT2D eigenvalue weighted by atomic mass is 16.5. The number of anilines is 1. The number of rotatable bonds is 5. The Kier molecular flexibility index (Phi) is 6.18. The van der Waals surface area contributed by atoms with Crippen molar-refractivity contribution < 1.29 is 9.53 Å². The summed E-state index contributed by atoms with van der Waals surface area (Å²) >= 11 is 0. The zero-order valence-corrected chi connectivity index (χ0v) is 19.8. The van der Waals surface area contributed by atoms with Crippen LogP contribution in [0.15, 0.2) is 71.7 Å². The van der Waals surface area contributed by atoms with E-state index in [9.17, 15) is 9.59 Å². The van der Waals surface area contributed by atoms with Crippen LogP contribution in [0.1, 0.15) is 21.5 Å². The fourth-order valence-corrected chi connectivity index (χ4v) is 4.33. The van der Waals surface area contributed by atoms with Gasteiger partial charge < -0.3 is 14.5 Å². The van der Waals surface area contributed by atoms with E-state index in [-0.39, 0.29) is 11.5 Å². The predicted molar refractivity (Wildman–Crippen MR) is 135 cm³/mol. The van der Waals surface area contributed by atoms with Crippen molar-refractivity contribution in [2.75, 3.05) is 38.2 Å². The second kappa shape index (κ2) is 9.58. The molecule has 0 radical (unpaired) electrons. The Morgan fingerprint density at radius 1 is 0.971 bits per heavy atom. The summed E-state index contributed by atoms with van der Waals surface area (Å²) in [4.78, 5) is 39.4. The molecule has 1 aliphatic rings. The lowest BCUT2D eigenvalue weighted by Crippen LogP contribution is -2.50. The fraction of sp³-hybridized carbons (Fsp3) is 0.259. The lowest BCUT2D eigenvalue weighted by Gasteiger charge is -2.35. The average molecular weight is 470 g/mol.